The van der Waals surface area contributed by atoms with Crippen molar-refractivity contribution in [3.63, 3.8) is 0 Å². The lowest BCUT2D eigenvalue weighted by Crippen LogP contribution is -2.55. The Morgan fingerprint density at radius 2 is 2.00 bits per heavy atom. The van der Waals surface area contributed by atoms with Gasteiger partial charge in [-0.05, 0) is 56.5 Å². The first kappa shape index (κ1) is 18.5. The molecule has 4 rings (SSSR count). The Labute approximate surface area is 165 Å². The van der Waals surface area contributed by atoms with Gasteiger partial charge in [0, 0.05) is 26.2 Å². The minimum absolute atomic E-state index is 0.0659. The van der Waals surface area contributed by atoms with Gasteiger partial charge in [-0.25, -0.2) is 0 Å². The Morgan fingerprint density at radius 1 is 1.19 bits per heavy atom. The summed E-state index contributed by atoms with van der Waals surface area (Å²) in [5.74, 6) is 0.775. The van der Waals surface area contributed by atoms with E-state index in [4.69, 9.17) is 21.7 Å². The van der Waals surface area contributed by atoms with Crippen LogP contribution in [-0.2, 0) is 9.53 Å². The van der Waals surface area contributed by atoms with Crippen molar-refractivity contribution in [2.75, 3.05) is 37.7 Å². The number of piperidine rings is 1. The van der Waals surface area contributed by atoms with E-state index >= 15 is 0 Å². The molecule has 2 fully saturated rings. The monoisotopic (exact) mass is 389 g/mol. The second-order valence-electron chi connectivity index (χ2n) is 7.39. The van der Waals surface area contributed by atoms with Gasteiger partial charge in [-0.15, -0.1) is 0 Å². The number of likely N-dealkylation sites (tertiary alicyclic amines) is 1. The molecule has 0 spiro atoms. The van der Waals surface area contributed by atoms with Crippen LogP contribution in [0, 0.1) is 0 Å². The van der Waals surface area contributed by atoms with Crippen LogP contribution in [0.4, 0.5) is 5.69 Å². The second kappa shape index (κ2) is 8.44. The fourth-order valence-corrected chi connectivity index (χ4v) is 4.23. The summed E-state index contributed by atoms with van der Waals surface area (Å²) in [4.78, 5) is 16.9. The van der Waals surface area contributed by atoms with Gasteiger partial charge < -0.3 is 24.6 Å². The number of fused-ring (bicyclic) bond motifs is 1. The Hall–Kier alpha value is -1.86. The molecular formula is C20H27N3O3S. The fourth-order valence-electron chi connectivity index (χ4n) is 3.98. The van der Waals surface area contributed by atoms with Gasteiger partial charge in [0.25, 0.3) is 5.91 Å². The third kappa shape index (κ3) is 4.19. The van der Waals surface area contributed by atoms with Gasteiger partial charge in [0.05, 0.1) is 18.3 Å². The Bertz CT molecular complexity index is 687. The number of hydrogen-bond acceptors (Lipinski definition) is 4. The quantitative estimate of drug-likeness (QED) is 0.801. The van der Waals surface area contributed by atoms with Crippen LogP contribution >= 0.6 is 12.2 Å². The van der Waals surface area contributed by atoms with Gasteiger partial charge in [0.2, 0.25) is 0 Å². The molecule has 2 atom stereocenters. The number of benzene rings is 1. The third-order valence-corrected chi connectivity index (χ3v) is 5.83. The van der Waals surface area contributed by atoms with Crippen LogP contribution in [0.2, 0.25) is 0 Å². The zero-order valence-corrected chi connectivity index (χ0v) is 16.4. The van der Waals surface area contributed by atoms with E-state index in [1.54, 1.807) is 0 Å². The smallest absolute Gasteiger partial charge is 0.265 e. The van der Waals surface area contributed by atoms with Crippen molar-refractivity contribution in [1.82, 2.24) is 10.2 Å². The molecule has 0 unspecified atom stereocenters. The molecule has 3 aliphatic rings. The molecule has 1 aromatic carbocycles. The van der Waals surface area contributed by atoms with Crippen LogP contribution in [-0.4, -0.2) is 60.9 Å². The van der Waals surface area contributed by atoms with Crippen molar-refractivity contribution in [1.29, 1.82) is 0 Å². The number of thiocarbonyl (C=S) groups is 1. The number of carbonyl (C=O) groups is 1. The average Bonchev–Trinajstić information content (AvgIpc) is 3.25. The maximum absolute atomic E-state index is 13.0. The number of ether oxygens (including phenoxy) is 2. The second-order valence-corrected chi connectivity index (χ2v) is 7.78. The first-order chi connectivity index (χ1) is 13.2. The lowest BCUT2D eigenvalue weighted by molar-refractivity contribution is -0.139. The summed E-state index contributed by atoms with van der Waals surface area (Å²) >= 11 is 5.66. The molecule has 0 aromatic heterocycles. The fraction of sp³-hybridized carbons (Fsp3) is 0.600. The van der Waals surface area contributed by atoms with Crippen molar-refractivity contribution in [2.45, 2.75) is 44.3 Å². The van der Waals surface area contributed by atoms with E-state index in [-0.39, 0.29) is 12.0 Å². The Morgan fingerprint density at radius 3 is 2.78 bits per heavy atom. The summed E-state index contributed by atoms with van der Waals surface area (Å²) in [6.45, 7) is 3.60. The molecule has 3 heterocycles. The largest absolute Gasteiger partial charge is 0.476 e. The van der Waals surface area contributed by atoms with Crippen molar-refractivity contribution in [3.8, 4) is 5.75 Å². The van der Waals surface area contributed by atoms with E-state index in [0.717, 1.165) is 51.1 Å². The lowest BCUT2D eigenvalue weighted by Gasteiger charge is -2.38. The predicted octanol–water partition coefficient (Wildman–Crippen LogP) is 2.32. The Kier molecular flexibility index (Phi) is 5.78. The molecule has 1 N–H and O–H groups in total. The molecule has 146 valence electrons. The molecule has 0 radical (unpaired) electrons. The number of nitrogens with one attached hydrogen (secondary N) is 1. The molecule has 0 saturated carbocycles. The standard InChI is InChI=1S/C20H27N3O3S/c24-19(22-10-4-1-5-11-22)18-14-23(16-8-2-3-9-17(16)26-18)20(27)21-13-15-7-6-12-25-15/h2-3,8-9,15,18H,1,4-7,10-14H2,(H,21,27)/t15-,18+/m0/s1. The third-order valence-electron chi connectivity index (χ3n) is 5.47. The van der Waals surface area contributed by atoms with Crippen LogP contribution in [0.15, 0.2) is 24.3 Å². The number of para-hydroxylation sites is 2. The summed E-state index contributed by atoms with van der Waals surface area (Å²) in [5.41, 5.74) is 0.907. The average molecular weight is 390 g/mol. The molecule has 0 bridgehead atoms. The van der Waals surface area contributed by atoms with E-state index in [9.17, 15) is 4.79 Å². The SMILES string of the molecule is O=C([C@H]1CN(C(=S)NC[C@@H]2CCCO2)c2ccccc2O1)N1CCCCC1. The summed E-state index contributed by atoms with van der Waals surface area (Å²) < 4.78 is 11.7. The number of hydrogen-bond donors (Lipinski definition) is 1. The van der Waals surface area contributed by atoms with E-state index in [2.05, 4.69) is 5.32 Å². The van der Waals surface area contributed by atoms with Crippen LogP contribution in [0.5, 0.6) is 5.75 Å². The molecule has 1 aromatic rings. The van der Waals surface area contributed by atoms with Crippen molar-refractivity contribution in [3.05, 3.63) is 24.3 Å². The molecule has 27 heavy (non-hydrogen) atoms. The van der Waals surface area contributed by atoms with Gasteiger partial charge in [-0.1, -0.05) is 12.1 Å². The summed E-state index contributed by atoms with van der Waals surface area (Å²) in [6.07, 6.45) is 5.18. The van der Waals surface area contributed by atoms with E-state index in [0.29, 0.717) is 24.0 Å². The van der Waals surface area contributed by atoms with Gasteiger partial charge in [-0.2, -0.15) is 0 Å². The van der Waals surface area contributed by atoms with Crippen molar-refractivity contribution < 1.29 is 14.3 Å². The van der Waals surface area contributed by atoms with Crippen molar-refractivity contribution >= 4 is 28.9 Å². The molecule has 7 heteroatoms. The highest BCUT2D eigenvalue weighted by Gasteiger charge is 2.35. The maximum Gasteiger partial charge on any atom is 0.265 e. The molecule has 2 saturated heterocycles. The summed E-state index contributed by atoms with van der Waals surface area (Å²) in [6, 6.07) is 7.77. The highest BCUT2D eigenvalue weighted by molar-refractivity contribution is 7.80. The highest BCUT2D eigenvalue weighted by Crippen LogP contribution is 2.33. The maximum atomic E-state index is 13.0. The number of rotatable bonds is 3. The molecular weight excluding hydrogens is 362 g/mol. The van der Waals surface area contributed by atoms with Crippen LogP contribution in [0.3, 0.4) is 0 Å². The zero-order valence-electron chi connectivity index (χ0n) is 15.6. The first-order valence-electron chi connectivity index (χ1n) is 9.94. The number of carbonyl (C=O) groups excluding carboxylic acids is 1. The summed E-state index contributed by atoms with van der Waals surface area (Å²) in [7, 11) is 0. The van der Waals surface area contributed by atoms with Gasteiger partial charge in [0.1, 0.15) is 5.75 Å². The molecule has 1 amide bonds. The lowest BCUT2D eigenvalue weighted by atomic mass is 10.1. The topological polar surface area (TPSA) is 54.0 Å². The predicted molar refractivity (Wildman–Crippen MR) is 108 cm³/mol. The minimum Gasteiger partial charge on any atom is -0.476 e. The van der Waals surface area contributed by atoms with Crippen LogP contribution in [0.1, 0.15) is 32.1 Å². The molecule has 0 aliphatic carbocycles. The van der Waals surface area contributed by atoms with Gasteiger partial charge >= 0.3 is 0 Å². The minimum atomic E-state index is -0.527. The van der Waals surface area contributed by atoms with E-state index in [1.165, 1.54) is 6.42 Å². The zero-order chi connectivity index (χ0) is 18.6. The van der Waals surface area contributed by atoms with Crippen LogP contribution < -0.4 is 15.0 Å². The number of amides is 1. The van der Waals surface area contributed by atoms with Crippen LogP contribution in [0.25, 0.3) is 0 Å². The Balaban J connectivity index is 1.47. The molecule has 3 aliphatic heterocycles. The van der Waals surface area contributed by atoms with Crippen molar-refractivity contribution in [2.24, 2.45) is 0 Å². The van der Waals surface area contributed by atoms with Gasteiger partial charge in [0.15, 0.2) is 11.2 Å². The normalized spacial score (nSPS) is 24.9. The highest BCUT2D eigenvalue weighted by atomic mass is 32.1. The summed E-state index contributed by atoms with van der Waals surface area (Å²) in [5, 5.41) is 3.95. The van der Waals surface area contributed by atoms with Gasteiger partial charge in [-0.3, -0.25) is 4.79 Å². The van der Waals surface area contributed by atoms with E-state index < -0.39 is 6.10 Å². The van der Waals surface area contributed by atoms with E-state index in [1.807, 2.05) is 34.1 Å². The number of nitrogens with zero attached hydrogens (tertiary/aromatic N) is 2. The molecule has 6 nitrogen and oxygen atoms in total. The number of anilines is 1. The first-order valence-corrected chi connectivity index (χ1v) is 10.3.